The summed E-state index contributed by atoms with van der Waals surface area (Å²) in [5.74, 6) is 4.09. The maximum absolute atomic E-state index is 4.84. The van der Waals surface area contributed by atoms with E-state index in [2.05, 4.69) is 24.3 Å². The summed E-state index contributed by atoms with van der Waals surface area (Å²) in [5, 5.41) is 3.74. The number of fused-ring (bicyclic) bond motifs is 1. The summed E-state index contributed by atoms with van der Waals surface area (Å²) < 4.78 is 0. The molecule has 2 aliphatic carbocycles. The summed E-state index contributed by atoms with van der Waals surface area (Å²) in [4.78, 5) is 7.06. The zero-order valence-electron chi connectivity index (χ0n) is 11.2. The lowest BCUT2D eigenvalue weighted by molar-refractivity contribution is 0.162. The lowest BCUT2D eigenvalue weighted by Crippen LogP contribution is -2.36. The Kier molecular flexibility index (Phi) is 3.12. The van der Waals surface area contributed by atoms with Crippen LogP contribution in [-0.4, -0.2) is 44.0 Å². The second-order valence-electron chi connectivity index (χ2n) is 6.52. The van der Waals surface area contributed by atoms with Crippen LogP contribution in [0.5, 0.6) is 0 Å². The molecular formula is C14H25N3. The first-order valence-electron chi connectivity index (χ1n) is 7.16. The third kappa shape index (κ3) is 2.49. The van der Waals surface area contributed by atoms with Gasteiger partial charge in [-0.15, -0.1) is 0 Å². The van der Waals surface area contributed by atoms with Crippen LogP contribution < -0.4 is 5.32 Å². The Morgan fingerprint density at radius 2 is 1.82 bits per heavy atom. The number of hydrogen-bond acceptors (Lipinski definition) is 2. The smallest absolute Gasteiger partial charge is 0.0997 e. The van der Waals surface area contributed by atoms with Crippen LogP contribution in [0.15, 0.2) is 4.99 Å². The molecule has 4 aliphatic rings. The fraction of sp³-hybridized carbons (Fsp3) is 0.929. The minimum atomic E-state index is 0.740. The van der Waals surface area contributed by atoms with Crippen LogP contribution in [0.25, 0.3) is 0 Å². The van der Waals surface area contributed by atoms with Crippen LogP contribution in [0.2, 0.25) is 0 Å². The van der Waals surface area contributed by atoms with Gasteiger partial charge in [0.05, 0.1) is 12.4 Å². The van der Waals surface area contributed by atoms with Crippen molar-refractivity contribution in [2.45, 2.75) is 38.1 Å². The molecule has 2 saturated carbocycles. The van der Waals surface area contributed by atoms with Crippen molar-refractivity contribution >= 4 is 5.84 Å². The summed E-state index contributed by atoms with van der Waals surface area (Å²) in [7, 11) is 4.24. The molecule has 4 rings (SSSR count). The van der Waals surface area contributed by atoms with E-state index in [0.717, 1.165) is 36.9 Å². The maximum Gasteiger partial charge on any atom is 0.0997 e. The van der Waals surface area contributed by atoms with Gasteiger partial charge in [-0.1, -0.05) is 0 Å². The van der Waals surface area contributed by atoms with Crippen molar-refractivity contribution in [3.63, 3.8) is 0 Å². The fourth-order valence-electron chi connectivity index (χ4n) is 4.06. The summed E-state index contributed by atoms with van der Waals surface area (Å²) in [6, 6.07) is 0.740. The van der Waals surface area contributed by atoms with Crippen molar-refractivity contribution < 1.29 is 0 Å². The van der Waals surface area contributed by atoms with Gasteiger partial charge in [-0.25, -0.2) is 0 Å². The Morgan fingerprint density at radius 3 is 2.47 bits per heavy atom. The summed E-state index contributed by atoms with van der Waals surface area (Å²) in [6.45, 7) is 2.02. The third-order valence-corrected chi connectivity index (χ3v) is 4.71. The van der Waals surface area contributed by atoms with E-state index in [0.29, 0.717) is 0 Å². The molecule has 96 valence electrons. The molecule has 2 aliphatic heterocycles. The SMILES string of the molecule is CN(C)CCN=C1NC2CC3CC(C2)CC1C3. The van der Waals surface area contributed by atoms with Gasteiger partial charge in [0.25, 0.3) is 0 Å². The van der Waals surface area contributed by atoms with E-state index in [1.807, 2.05) is 0 Å². The summed E-state index contributed by atoms with van der Waals surface area (Å²) in [6.07, 6.45) is 7.11. The van der Waals surface area contributed by atoms with E-state index in [1.165, 1.54) is 37.9 Å². The van der Waals surface area contributed by atoms with Crippen LogP contribution in [0.1, 0.15) is 32.1 Å². The van der Waals surface area contributed by atoms with Crippen molar-refractivity contribution in [2.75, 3.05) is 27.2 Å². The second kappa shape index (κ2) is 4.60. The van der Waals surface area contributed by atoms with E-state index in [9.17, 15) is 0 Å². The highest BCUT2D eigenvalue weighted by Crippen LogP contribution is 2.45. The van der Waals surface area contributed by atoms with Crippen LogP contribution >= 0.6 is 0 Å². The predicted molar refractivity (Wildman–Crippen MR) is 71.3 cm³/mol. The summed E-state index contributed by atoms with van der Waals surface area (Å²) >= 11 is 0. The van der Waals surface area contributed by atoms with Gasteiger partial charge in [-0.05, 0) is 58.0 Å². The van der Waals surface area contributed by atoms with E-state index < -0.39 is 0 Å². The predicted octanol–water partition coefficient (Wildman–Crippen LogP) is 1.74. The molecule has 0 radical (unpaired) electrons. The van der Waals surface area contributed by atoms with Gasteiger partial charge in [0, 0.05) is 18.5 Å². The molecule has 0 aromatic heterocycles. The third-order valence-electron chi connectivity index (χ3n) is 4.71. The lowest BCUT2D eigenvalue weighted by atomic mass is 9.68. The van der Waals surface area contributed by atoms with E-state index in [4.69, 9.17) is 4.99 Å². The Balaban J connectivity index is 1.69. The molecule has 0 aromatic rings. The Hall–Kier alpha value is -0.570. The van der Waals surface area contributed by atoms with Crippen LogP contribution in [-0.2, 0) is 0 Å². The van der Waals surface area contributed by atoms with E-state index >= 15 is 0 Å². The van der Waals surface area contributed by atoms with Gasteiger partial charge in [-0.3, -0.25) is 4.99 Å². The first kappa shape index (κ1) is 11.5. The number of rotatable bonds is 3. The molecule has 2 heterocycles. The average molecular weight is 235 g/mol. The lowest BCUT2D eigenvalue weighted by Gasteiger charge is -2.37. The van der Waals surface area contributed by atoms with Crippen LogP contribution in [0, 0.1) is 17.8 Å². The van der Waals surface area contributed by atoms with Crippen LogP contribution in [0.4, 0.5) is 0 Å². The minimum absolute atomic E-state index is 0.740. The number of hydrogen-bond donors (Lipinski definition) is 1. The first-order valence-corrected chi connectivity index (χ1v) is 7.16. The van der Waals surface area contributed by atoms with Gasteiger partial charge in [0.2, 0.25) is 0 Å². The Labute approximate surface area is 105 Å². The molecule has 17 heavy (non-hydrogen) atoms. The van der Waals surface area contributed by atoms with Crippen LogP contribution in [0.3, 0.4) is 0 Å². The number of nitrogens with one attached hydrogen (secondary N) is 1. The molecule has 0 spiro atoms. The van der Waals surface area contributed by atoms with Crippen molar-refractivity contribution in [3.05, 3.63) is 0 Å². The minimum Gasteiger partial charge on any atom is -0.371 e. The molecule has 2 unspecified atom stereocenters. The second-order valence-corrected chi connectivity index (χ2v) is 6.52. The zero-order valence-corrected chi connectivity index (χ0v) is 11.2. The molecule has 0 aromatic carbocycles. The average Bonchev–Trinajstić information content (AvgIpc) is 2.43. The Bertz CT molecular complexity index is 297. The molecule has 3 heteroatoms. The van der Waals surface area contributed by atoms with Crippen molar-refractivity contribution in [3.8, 4) is 0 Å². The molecule has 4 bridgehead atoms. The molecular weight excluding hydrogens is 210 g/mol. The molecule has 2 saturated heterocycles. The molecule has 2 atom stereocenters. The number of nitrogens with zero attached hydrogens (tertiary/aromatic N) is 2. The fourth-order valence-corrected chi connectivity index (χ4v) is 4.06. The van der Waals surface area contributed by atoms with Gasteiger partial charge >= 0.3 is 0 Å². The van der Waals surface area contributed by atoms with Gasteiger partial charge < -0.3 is 10.2 Å². The van der Waals surface area contributed by atoms with E-state index in [1.54, 1.807) is 0 Å². The quantitative estimate of drug-likeness (QED) is 0.807. The molecule has 4 fully saturated rings. The summed E-state index contributed by atoms with van der Waals surface area (Å²) in [5.41, 5.74) is 0. The van der Waals surface area contributed by atoms with Gasteiger partial charge in [-0.2, -0.15) is 0 Å². The molecule has 1 N–H and O–H groups in total. The standard InChI is InChI=1S/C14H25N3/c1-17(2)4-3-15-14-12-6-10-5-11(7-12)9-13(8-10)16-14/h10-13H,3-9H2,1-2H3,(H,15,16). The Morgan fingerprint density at radius 1 is 1.12 bits per heavy atom. The normalized spacial score (nSPS) is 41.9. The van der Waals surface area contributed by atoms with Crippen molar-refractivity contribution in [1.82, 2.24) is 10.2 Å². The van der Waals surface area contributed by atoms with Crippen molar-refractivity contribution in [1.29, 1.82) is 0 Å². The highest BCUT2D eigenvalue weighted by atomic mass is 15.1. The highest BCUT2D eigenvalue weighted by Gasteiger charge is 2.41. The largest absolute Gasteiger partial charge is 0.371 e. The van der Waals surface area contributed by atoms with Gasteiger partial charge in [0.15, 0.2) is 0 Å². The monoisotopic (exact) mass is 235 g/mol. The maximum atomic E-state index is 4.84. The van der Waals surface area contributed by atoms with Gasteiger partial charge in [0.1, 0.15) is 0 Å². The topological polar surface area (TPSA) is 27.6 Å². The first-order chi connectivity index (χ1) is 8.20. The molecule has 3 nitrogen and oxygen atoms in total. The highest BCUT2D eigenvalue weighted by molar-refractivity contribution is 5.85. The number of amidine groups is 1. The zero-order chi connectivity index (χ0) is 11.8. The molecule has 0 amide bonds. The van der Waals surface area contributed by atoms with Crippen molar-refractivity contribution in [2.24, 2.45) is 22.7 Å². The van der Waals surface area contributed by atoms with E-state index in [-0.39, 0.29) is 0 Å². The number of aliphatic imine (C=N–C) groups is 1. The number of likely N-dealkylation sites (N-methyl/N-ethyl adjacent to an activating group) is 1.